The Labute approximate surface area is 264 Å². The summed E-state index contributed by atoms with van der Waals surface area (Å²) in [6.07, 6.45) is 2.20. The molecule has 45 heavy (non-hydrogen) atoms. The van der Waals surface area contributed by atoms with Gasteiger partial charge in [0.05, 0.1) is 6.61 Å². The van der Waals surface area contributed by atoms with Crippen molar-refractivity contribution in [2.24, 2.45) is 5.92 Å². The molecule has 3 rings (SSSR count). The molecule has 10 nitrogen and oxygen atoms in total. The molecule has 1 amide bonds. The number of ether oxygens (including phenoxy) is 4. The van der Waals surface area contributed by atoms with Gasteiger partial charge in [-0.05, 0) is 65.7 Å². The fourth-order valence-electron chi connectivity index (χ4n) is 4.95. The number of aromatic nitrogens is 1. The molecule has 1 aromatic heterocycles. The smallest absolute Gasteiger partial charge is 0.408 e. The highest BCUT2D eigenvalue weighted by molar-refractivity contribution is 5.99. The van der Waals surface area contributed by atoms with E-state index in [4.69, 9.17) is 18.9 Å². The number of fused-ring (bicyclic) bond motifs is 1. The van der Waals surface area contributed by atoms with Crippen LogP contribution in [0.15, 0.2) is 73.4 Å². The van der Waals surface area contributed by atoms with Gasteiger partial charge in [0.2, 0.25) is 0 Å². The van der Waals surface area contributed by atoms with Gasteiger partial charge >= 0.3 is 24.0 Å². The summed E-state index contributed by atoms with van der Waals surface area (Å²) in [5, 5.41) is 3.22. The molecule has 3 aromatic rings. The van der Waals surface area contributed by atoms with E-state index >= 15 is 0 Å². The predicted octanol–water partition coefficient (Wildman–Crippen LogP) is 5.92. The maximum Gasteiger partial charge on any atom is 0.408 e. The molecule has 0 saturated carbocycles. The van der Waals surface area contributed by atoms with Crippen molar-refractivity contribution in [3.05, 3.63) is 84.6 Å². The zero-order valence-electron chi connectivity index (χ0n) is 27.1. The standard InChI is InChI=1S/C35H44N2O8/c1-9-20-43-33(41)36-29(32(40)42-10-2)27(28(30(38)44-34(3,4)5)31(39)45-35(6,7)8)25-22-37(21-23-16-12-11-13-17-23)26-19-15-14-18-24(25)26/h9,11-19,22,27-29H,1,10,20-21H2,2-8H3,(H,36,41)/t27-,29+/m0/s1. The lowest BCUT2D eigenvalue weighted by atomic mass is 9.79. The van der Waals surface area contributed by atoms with Crippen LogP contribution in [0, 0.1) is 5.92 Å². The Kier molecular flexibility index (Phi) is 11.6. The summed E-state index contributed by atoms with van der Waals surface area (Å²) in [5.41, 5.74) is 0.249. The molecule has 2 aromatic carbocycles. The van der Waals surface area contributed by atoms with Crippen LogP contribution in [0.1, 0.15) is 65.5 Å². The van der Waals surface area contributed by atoms with Crippen molar-refractivity contribution in [2.75, 3.05) is 13.2 Å². The number of benzene rings is 2. The van der Waals surface area contributed by atoms with Gasteiger partial charge in [-0.2, -0.15) is 0 Å². The number of para-hydroxylation sites is 1. The molecule has 0 saturated heterocycles. The van der Waals surface area contributed by atoms with E-state index in [2.05, 4.69) is 11.9 Å². The second kappa shape index (κ2) is 14.9. The number of amides is 1. The van der Waals surface area contributed by atoms with E-state index in [0.717, 1.165) is 11.1 Å². The quantitative estimate of drug-likeness (QED) is 0.115. The minimum absolute atomic E-state index is 0.0231. The van der Waals surface area contributed by atoms with E-state index in [1.165, 1.54) is 6.08 Å². The second-order valence-electron chi connectivity index (χ2n) is 12.5. The number of esters is 3. The molecule has 0 bridgehead atoms. The molecule has 0 aliphatic rings. The molecule has 0 aliphatic heterocycles. The first-order chi connectivity index (χ1) is 21.1. The Balaban J connectivity index is 2.35. The first kappa shape index (κ1) is 34.9. The number of nitrogens with one attached hydrogen (secondary N) is 1. The molecule has 1 heterocycles. The molecule has 0 aliphatic carbocycles. The summed E-state index contributed by atoms with van der Waals surface area (Å²) >= 11 is 0. The molecule has 0 radical (unpaired) electrons. The van der Waals surface area contributed by atoms with Gasteiger partial charge in [0.15, 0.2) is 5.92 Å². The van der Waals surface area contributed by atoms with E-state index < -0.39 is 53.1 Å². The van der Waals surface area contributed by atoms with Crippen LogP contribution in [0.2, 0.25) is 0 Å². The van der Waals surface area contributed by atoms with Crippen LogP contribution in [-0.2, 0) is 39.9 Å². The van der Waals surface area contributed by atoms with Crippen LogP contribution in [0.4, 0.5) is 4.79 Å². The minimum atomic E-state index is -1.69. The average molecular weight is 621 g/mol. The Hall–Kier alpha value is -4.60. The number of hydrogen-bond acceptors (Lipinski definition) is 8. The maximum atomic E-state index is 14.0. The number of rotatable bonds is 12. The lowest BCUT2D eigenvalue weighted by molar-refractivity contribution is -0.176. The van der Waals surface area contributed by atoms with Crippen molar-refractivity contribution in [3.63, 3.8) is 0 Å². The number of carbonyl (C=O) groups excluding carboxylic acids is 4. The highest BCUT2D eigenvalue weighted by Gasteiger charge is 2.49. The third-order valence-corrected chi connectivity index (χ3v) is 6.56. The average Bonchev–Trinajstić information content (AvgIpc) is 3.30. The first-order valence-corrected chi connectivity index (χ1v) is 14.9. The summed E-state index contributed by atoms with van der Waals surface area (Å²) in [6.45, 7) is 15.5. The Bertz CT molecular complexity index is 1470. The lowest BCUT2D eigenvalue weighted by Crippen LogP contribution is -2.52. The molecule has 0 spiro atoms. The number of nitrogens with zero attached hydrogens (tertiary/aromatic N) is 1. The summed E-state index contributed by atoms with van der Waals surface area (Å²) in [5.74, 6) is -5.72. The minimum Gasteiger partial charge on any atom is -0.464 e. The van der Waals surface area contributed by atoms with Gasteiger partial charge in [-0.3, -0.25) is 9.59 Å². The van der Waals surface area contributed by atoms with Gasteiger partial charge in [-0.15, -0.1) is 0 Å². The van der Waals surface area contributed by atoms with Gasteiger partial charge < -0.3 is 28.8 Å². The van der Waals surface area contributed by atoms with E-state index in [1.54, 1.807) is 54.7 Å². The normalized spacial score (nSPS) is 13.1. The zero-order valence-corrected chi connectivity index (χ0v) is 27.1. The second-order valence-corrected chi connectivity index (χ2v) is 12.5. The van der Waals surface area contributed by atoms with Crippen LogP contribution in [0.25, 0.3) is 10.9 Å². The Morgan fingerprint density at radius 3 is 1.98 bits per heavy atom. The van der Waals surface area contributed by atoms with E-state index in [0.29, 0.717) is 17.5 Å². The maximum absolute atomic E-state index is 14.0. The van der Waals surface area contributed by atoms with Gasteiger partial charge in [0.1, 0.15) is 23.9 Å². The third kappa shape index (κ3) is 9.69. The van der Waals surface area contributed by atoms with Crippen LogP contribution >= 0.6 is 0 Å². The SMILES string of the molecule is C=CCOC(=O)N[C@@H](C(=O)OCC)[C@@H](c1cn(Cc2ccccc2)c2ccccc12)C(C(=O)OC(C)(C)C)C(=O)OC(C)(C)C. The molecule has 0 fully saturated rings. The monoisotopic (exact) mass is 620 g/mol. The Morgan fingerprint density at radius 2 is 1.42 bits per heavy atom. The first-order valence-electron chi connectivity index (χ1n) is 14.9. The molecule has 10 heteroatoms. The zero-order chi connectivity index (χ0) is 33.4. The number of hydrogen-bond donors (Lipinski definition) is 1. The van der Waals surface area contributed by atoms with Crippen molar-refractivity contribution >= 4 is 34.9 Å². The van der Waals surface area contributed by atoms with Crippen LogP contribution in [-0.4, -0.2) is 59.0 Å². The topological polar surface area (TPSA) is 122 Å². The summed E-state index contributed by atoms with van der Waals surface area (Å²) in [4.78, 5) is 54.7. The lowest BCUT2D eigenvalue weighted by Gasteiger charge is -2.33. The van der Waals surface area contributed by atoms with Gasteiger partial charge in [0.25, 0.3) is 0 Å². The largest absolute Gasteiger partial charge is 0.464 e. The fourth-order valence-corrected chi connectivity index (χ4v) is 4.95. The van der Waals surface area contributed by atoms with E-state index in [1.807, 2.05) is 59.2 Å². The molecule has 0 unspecified atom stereocenters. The highest BCUT2D eigenvalue weighted by atomic mass is 16.6. The molecule has 2 atom stereocenters. The Morgan fingerprint density at radius 1 is 0.844 bits per heavy atom. The van der Waals surface area contributed by atoms with Gasteiger partial charge in [0, 0.05) is 29.6 Å². The number of carbonyl (C=O) groups is 4. The van der Waals surface area contributed by atoms with Crippen LogP contribution in [0.3, 0.4) is 0 Å². The molecular formula is C35H44N2O8. The van der Waals surface area contributed by atoms with Gasteiger partial charge in [-0.25, -0.2) is 9.59 Å². The van der Waals surface area contributed by atoms with Crippen LogP contribution < -0.4 is 5.32 Å². The van der Waals surface area contributed by atoms with Crippen LogP contribution in [0.5, 0.6) is 0 Å². The van der Waals surface area contributed by atoms with Crippen molar-refractivity contribution < 1.29 is 38.1 Å². The van der Waals surface area contributed by atoms with Gasteiger partial charge in [-0.1, -0.05) is 61.2 Å². The molecular weight excluding hydrogens is 576 g/mol. The van der Waals surface area contributed by atoms with Crippen molar-refractivity contribution in [1.82, 2.24) is 9.88 Å². The van der Waals surface area contributed by atoms with E-state index in [9.17, 15) is 19.2 Å². The van der Waals surface area contributed by atoms with Crippen molar-refractivity contribution in [1.29, 1.82) is 0 Å². The van der Waals surface area contributed by atoms with Crippen molar-refractivity contribution in [3.8, 4) is 0 Å². The summed E-state index contributed by atoms with van der Waals surface area (Å²) in [7, 11) is 0. The summed E-state index contributed by atoms with van der Waals surface area (Å²) in [6, 6.07) is 15.6. The summed E-state index contributed by atoms with van der Waals surface area (Å²) < 4.78 is 24.0. The third-order valence-electron chi connectivity index (χ3n) is 6.56. The highest BCUT2D eigenvalue weighted by Crippen LogP contribution is 2.38. The fraction of sp³-hybridized carbons (Fsp3) is 0.429. The van der Waals surface area contributed by atoms with E-state index in [-0.39, 0.29) is 13.2 Å². The molecule has 242 valence electrons. The van der Waals surface area contributed by atoms with Crippen molar-refractivity contribution in [2.45, 2.75) is 78.2 Å². The predicted molar refractivity (Wildman–Crippen MR) is 171 cm³/mol. The molecule has 1 N–H and O–H groups in total. The number of alkyl carbamates (subject to hydrolysis) is 1.